The number of sulfonamides is 1. The number of benzene rings is 2. The maximum Gasteiger partial charge on any atom is 0.244 e. The van der Waals surface area contributed by atoms with Crippen molar-refractivity contribution < 1.29 is 17.6 Å². The third-order valence-electron chi connectivity index (χ3n) is 5.02. The number of fused-ring (bicyclic) bond motifs is 1. The summed E-state index contributed by atoms with van der Waals surface area (Å²) in [4.78, 5) is 20.4. The van der Waals surface area contributed by atoms with E-state index in [1.807, 2.05) is 38.1 Å². The van der Waals surface area contributed by atoms with Crippen LogP contribution in [0.25, 0.3) is 11.0 Å². The van der Waals surface area contributed by atoms with Crippen molar-refractivity contribution >= 4 is 27.0 Å². The van der Waals surface area contributed by atoms with Crippen LogP contribution >= 0.6 is 0 Å². The molecule has 0 spiro atoms. The standard InChI is InChI=1S/C22H27FN4O3S/c1-13(2)19(21-24-16-10-6-7-11-17(16)25-21)26-22(28)20(14(3)4)27-31(29,30)18-12-8-5-9-15(18)23/h5-14,19-20,27H,1-4H3,(H,24,25)(H,26,28)/t19-,20+/m1/s1. The van der Waals surface area contributed by atoms with Crippen molar-refractivity contribution in [2.45, 2.75) is 44.7 Å². The molecule has 0 aliphatic carbocycles. The second-order valence-corrected chi connectivity index (χ2v) is 9.83. The first-order valence-electron chi connectivity index (χ1n) is 10.1. The Labute approximate surface area is 181 Å². The van der Waals surface area contributed by atoms with Crippen LogP contribution in [0.4, 0.5) is 4.39 Å². The topological polar surface area (TPSA) is 104 Å². The van der Waals surface area contributed by atoms with Crippen LogP contribution in [0, 0.1) is 17.7 Å². The molecule has 166 valence electrons. The maximum absolute atomic E-state index is 14.0. The van der Waals surface area contributed by atoms with Crippen LogP contribution in [0.5, 0.6) is 0 Å². The number of aromatic nitrogens is 2. The normalized spacial score (nSPS) is 14.2. The van der Waals surface area contributed by atoms with E-state index in [0.29, 0.717) is 5.82 Å². The highest BCUT2D eigenvalue weighted by Crippen LogP contribution is 2.23. The summed E-state index contributed by atoms with van der Waals surface area (Å²) >= 11 is 0. The molecule has 0 saturated heterocycles. The molecule has 0 unspecified atom stereocenters. The van der Waals surface area contributed by atoms with Gasteiger partial charge in [-0.25, -0.2) is 17.8 Å². The number of H-pyrrole nitrogens is 1. The number of carbonyl (C=O) groups is 1. The molecule has 0 bridgehead atoms. The second-order valence-electron chi connectivity index (χ2n) is 8.14. The Hall–Kier alpha value is -2.78. The number of imidazole rings is 1. The van der Waals surface area contributed by atoms with Crippen LogP contribution < -0.4 is 10.0 Å². The molecule has 1 aromatic heterocycles. The number of rotatable bonds is 8. The lowest BCUT2D eigenvalue weighted by Crippen LogP contribution is -2.51. The maximum atomic E-state index is 14.0. The fourth-order valence-corrected chi connectivity index (χ4v) is 4.72. The van der Waals surface area contributed by atoms with Crippen LogP contribution in [0.3, 0.4) is 0 Å². The lowest BCUT2D eigenvalue weighted by molar-refractivity contribution is -0.124. The van der Waals surface area contributed by atoms with Crippen LogP contribution in [0.2, 0.25) is 0 Å². The average molecular weight is 447 g/mol. The quantitative estimate of drug-likeness (QED) is 0.492. The minimum Gasteiger partial charge on any atom is -0.344 e. The van der Waals surface area contributed by atoms with Gasteiger partial charge in [-0.05, 0) is 36.1 Å². The van der Waals surface area contributed by atoms with E-state index < -0.39 is 38.7 Å². The Morgan fingerprint density at radius 2 is 1.65 bits per heavy atom. The highest BCUT2D eigenvalue weighted by molar-refractivity contribution is 7.89. The first kappa shape index (κ1) is 22.9. The van der Waals surface area contributed by atoms with Gasteiger partial charge in [-0.2, -0.15) is 4.72 Å². The summed E-state index contributed by atoms with van der Waals surface area (Å²) < 4.78 is 41.9. The van der Waals surface area contributed by atoms with E-state index in [9.17, 15) is 17.6 Å². The Morgan fingerprint density at radius 3 is 2.26 bits per heavy atom. The summed E-state index contributed by atoms with van der Waals surface area (Å²) in [5, 5.41) is 2.91. The predicted molar refractivity (Wildman–Crippen MR) is 117 cm³/mol. The zero-order valence-corrected chi connectivity index (χ0v) is 18.7. The van der Waals surface area contributed by atoms with Gasteiger partial charge in [0, 0.05) is 0 Å². The minimum atomic E-state index is -4.23. The predicted octanol–water partition coefficient (Wildman–Crippen LogP) is 3.52. The SMILES string of the molecule is CC(C)[C@H](NS(=O)(=O)c1ccccc1F)C(=O)N[C@@H](c1nc2ccccc2[nH]1)C(C)C. The molecule has 2 aromatic carbocycles. The molecular weight excluding hydrogens is 419 g/mol. The van der Waals surface area contributed by atoms with E-state index in [4.69, 9.17) is 0 Å². The fraction of sp³-hybridized carbons (Fsp3) is 0.364. The van der Waals surface area contributed by atoms with Gasteiger partial charge in [0.1, 0.15) is 22.6 Å². The van der Waals surface area contributed by atoms with Crippen molar-refractivity contribution in [3.05, 3.63) is 60.2 Å². The number of nitrogens with one attached hydrogen (secondary N) is 3. The molecule has 3 aromatic rings. The van der Waals surface area contributed by atoms with E-state index in [0.717, 1.165) is 23.2 Å². The van der Waals surface area contributed by atoms with Gasteiger partial charge in [0.05, 0.1) is 17.1 Å². The van der Waals surface area contributed by atoms with Gasteiger partial charge in [-0.15, -0.1) is 0 Å². The molecule has 0 radical (unpaired) electrons. The lowest BCUT2D eigenvalue weighted by atomic mass is 10.0. The zero-order chi connectivity index (χ0) is 22.8. The van der Waals surface area contributed by atoms with Crippen molar-refractivity contribution in [3.8, 4) is 0 Å². The molecular formula is C22H27FN4O3S. The van der Waals surface area contributed by atoms with E-state index in [2.05, 4.69) is 20.0 Å². The number of carbonyl (C=O) groups excluding carboxylic acids is 1. The molecule has 31 heavy (non-hydrogen) atoms. The minimum absolute atomic E-state index is 0.0134. The summed E-state index contributed by atoms with van der Waals surface area (Å²) in [6.07, 6.45) is 0. The molecule has 9 heteroatoms. The van der Waals surface area contributed by atoms with E-state index >= 15 is 0 Å². The third kappa shape index (κ3) is 5.11. The highest BCUT2D eigenvalue weighted by atomic mass is 32.2. The summed E-state index contributed by atoms with van der Waals surface area (Å²) in [6, 6.07) is 11.0. The molecule has 0 fully saturated rings. The Kier molecular flexibility index (Phi) is 6.76. The second kappa shape index (κ2) is 9.15. The summed E-state index contributed by atoms with van der Waals surface area (Å²) in [5.74, 6) is -1.18. The third-order valence-corrected chi connectivity index (χ3v) is 6.50. The molecule has 1 amide bonds. The van der Waals surface area contributed by atoms with Gasteiger partial charge in [0.2, 0.25) is 15.9 Å². The molecule has 0 aliphatic rings. The molecule has 0 aliphatic heterocycles. The number of para-hydroxylation sites is 2. The summed E-state index contributed by atoms with van der Waals surface area (Å²) in [6.45, 7) is 7.32. The van der Waals surface area contributed by atoms with Crippen LogP contribution in [-0.2, 0) is 14.8 Å². The average Bonchev–Trinajstić information content (AvgIpc) is 3.13. The molecule has 2 atom stereocenters. The van der Waals surface area contributed by atoms with Crippen LogP contribution in [0.1, 0.15) is 39.6 Å². The van der Waals surface area contributed by atoms with E-state index in [1.54, 1.807) is 13.8 Å². The number of halogens is 1. The van der Waals surface area contributed by atoms with Crippen molar-refractivity contribution in [2.24, 2.45) is 11.8 Å². The van der Waals surface area contributed by atoms with Crippen LogP contribution in [-0.4, -0.2) is 30.3 Å². The van der Waals surface area contributed by atoms with Gasteiger partial charge >= 0.3 is 0 Å². The monoisotopic (exact) mass is 446 g/mol. The zero-order valence-electron chi connectivity index (χ0n) is 17.9. The van der Waals surface area contributed by atoms with Gasteiger partial charge in [-0.3, -0.25) is 4.79 Å². The number of nitrogens with zero attached hydrogens (tertiary/aromatic N) is 1. The smallest absolute Gasteiger partial charge is 0.244 e. The number of aromatic amines is 1. The van der Waals surface area contributed by atoms with Gasteiger partial charge < -0.3 is 10.3 Å². The van der Waals surface area contributed by atoms with Crippen molar-refractivity contribution in [1.29, 1.82) is 0 Å². The van der Waals surface area contributed by atoms with Crippen molar-refractivity contribution in [1.82, 2.24) is 20.0 Å². The summed E-state index contributed by atoms with van der Waals surface area (Å²) in [5.41, 5.74) is 1.62. The first-order chi connectivity index (χ1) is 14.6. The summed E-state index contributed by atoms with van der Waals surface area (Å²) in [7, 11) is -4.23. The van der Waals surface area contributed by atoms with Gasteiger partial charge in [0.25, 0.3) is 0 Å². The van der Waals surface area contributed by atoms with Gasteiger partial charge in [-0.1, -0.05) is 52.0 Å². The molecule has 3 rings (SSSR count). The number of hydrogen-bond donors (Lipinski definition) is 3. The van der Waals surface area contributed by atoms with E-state index in [1.165, 1.54) is 12.1 Å². The molecule has 7 nitrogen and oxygen atoms in total. The van der Waals surface area contributed by atoms with Crippen molar-refractivity contribution in [3.63, 3.8) is 0 Å². The van der Waals surface area contributed by atoms with Gasteiger partial charge in [0.15, 0.2) is 0 Å². The number of amides is 1. The largest absolute Gasteiger partial charge is 0.344 e. The molecule has 3 N–H and O–H groups in total. The molecule has 0 saturated carbocycles. The fourth-order valence-electron chi connectivity index (χ4n) is 3.30. The molecule has 1 heterocycles. The van der Waals surface area contributed by atoms with Crippen molar-refractivity contribution in [2.75, 3.05) is 0 Å². The highest BCUT2D eigenvalue weighted by Gasteiger charge is 2.32. The van der Waals surface area contributed by atoms with Crippen LogP contribution in [0.15, 0.2) is 53.4 Å². The lowest BCUT2D eigenvalue weighted by Gasteiger charge is -2.26. The van der Waals surface area contributed by atoms with E-state index in [-0.39, 0.29) is 11.8 Å². The first-order valence-corrected chi connectivity index (χ1v) is 11.6. The Morgan fingerprint density at radius 1 is 1.00 bits per heavy atom. The Bertz CT molecular complexity index is 1140. The number of hydrogen-bond acceptors (Lipinski definition) is 4. The Balaban J connectivity index is 1.85.